The Morgan fingerprint density at radius 1 is 0.500 bits per heavy atom. The predicted molar refractivity (Wildman–Crippen MR) is 253 cm³/mol. The molecule has 10 rings (SSSR count). The van der Waals surface area contributed by atoms with Crippen LogP contribution in [0.3, 0.4) is 0 Å². The number of benzene rings is 6. The van der Waals surface area contributed by atoms with Crippen LogP contribution in [-0.2, 0) is 9.59 Å². The third kappa shape index (κ3) is 9.29. The van der Waals surface area contributed by atoms with Crippen molar-refractivity contribution in [3.8, 4) is 0 Å². The van der Waals surface area contributed by atoms with Gasteiger partial charge in [-0.15, -0.1) is 0 Å². The number of carbonyl (C=O) groups excluding carboxylic acids is 4. The second-order valence-electron chi connectivity index (χ2n) is 17.5. The first-order valence-electron chi connectivity index (χ1n) is 22.7. The maximum Gasteiger partial charge on any atom is 0.251 e. The van der Waals surface area contributed by atoms with Crippen molar-refractivity contribution in [2.75, 3.05) is 75.5 Å². The average Bonchev–Trinajstić information content (AvgIpc) is 3.83. The molecule has 4 amide bonds. The number of nitrogens with zero attached hydrogens (tertiary/aromatic N) is 4. The lowest BCUT2D eigenvalue weighted by atomic mass is 9.85. The van der Waals surface area contributed by atoms with Crippen LogP contribution < -0.4 is 31.1 Å². The van der Waals surface area contributed by atoms with Crippen LogP contribution in [0.5, 0.6) is 0 Å². The number of rotatable bonds is 10. The maximum absolute atomic E-state index is 13.8. The number of hydrogen-bond acceptors (Lipinski definition) is 8. The van der Waals surface area contributed by atoms with E-state index in [-0.39, 0.29) is 35.3 Å². The first-order valence-corrected chi connectivity index (χ1v) is 22.7. The van der Waals surface area contributed by atoms with Crippen LogP contribution in [0, 0.1) is 11.6 Å². The van der Waals surface area contributed by atoms with Gasteiger partial charge in [-0.1, -0.05) is 72.8 Å². The number of likely N-dealkylation sites (tertiary alicyclic amines) is 2. The SMILES string of the molecule is O=C(NCCN1CCC2(CC1)C(=O)NCN2c1cccc(F)c1)c1ccc2ccccc2c1.O=C(NCCN1CCC2(CC1)C(=O)NCN2c1cccc(F)c1)c1ccc2ccccc2c1. The molecule has 6 aromatic rings. The van der Waals surface area contributed by atoms with Crippen LogP contribution in [0.25, 0.3) is 21.5 Å². The lowest BCUT2D eigenvalue weighted by Crippen LogP contribution is -2.57. The minimum Gasteiger partial charge on any atom is -0.351 e. The van der Waals surface area contributed by atoms with E-state index in [1.165, 1.54) is 24.3 Å². The molecule has 0 bridgehead atoms. The highest BCUT2D eigenvalue weighted by Crippen LogP contribution is 2.38. The molecule has 4 heterocycles. The van der Waals surface area contributed by atoms with Gasteiger partial charge < -0.3 is 40.9 Å². The predicted octanol–water partition coefficient (Wildman–Crippen LogP) is 6.27. The molecule has 0 aliphatic carbocycles. The third-order valence-electron chi connectivity index (χ3n) is 13.7. The number of carbonyl (C=O) groups is 4. The second-order valence-corrected chi connectivity index (χ2v) is 17.5. The molecule has 2 spiro atoms. The number of halogens is 2. The normalized spacial score (nSPS) is 18.0. The number of nitrogens with one attached hydrogen (secondary N) is 4. The smallest absolute Gasteiger partial charge is 0.251 e. The third-order valence-corrected chi connectivity index (χ3v) is 13.7. The van der Waals surface area contributed by atoms with Crippen LogP contribution in [0.1, 0.15) is 46.4 Å². The summed E-state index contributed by atoms with van der Waals surface area (Å²) in [4.78, 5) is 59.2. The first-order chi connectivity index (χ1) is 32.1. The monoisotopic (exact) mass is 892 g/mol. The van der Waals surface area contributed by atoms with E-state index in [4.69, 9.17) is 0 Å². The van der Waals surface area contributed by atoms with E-state index in [0.717, 1.165) is 72.2 Å². The molecule has 4 aliphatic rings. The van der Waals surface area contributed by atoms with Gasteiger partial charge in [-0.3, -0.25) is 19.2 Å². The van der Waals surface area contributed by atoms with Gasteiger partial charge in [0.2, 0.25) is 11.8 Å². The van der Waals surface area contributed by atoms with Crippen molar-refractivity contribution < 1.29 is 28.0 Å². The molecule has 4 saturated heterocycles. The van der Waals surface area contributed by atoms with Crippen LogP contribution in [-0.4, -0.2) is 110 Å². The van der Waals surface area contributed by atoms with E-state index in [0.29, 0.717) is 63.2 Å². The van der Waals surface area contributed by atoms with E-state index in [2.05, 4.69) is 31.1 Å². The van der Waals surface area contributed by atoms with Crippen LogP contribution in [0.4, 0.5) is 20.2 Å². The molecular weight excluding hydrogens is 839 g/mol. The Hall–Kier alpha value is -6.90. The standard InChI is InChI=1S/2C26H27FN4O2/c2*27-22-6-3-7-23(17-22)31-18-29-25(33)26(31)10-13-30(14-11-26)15-12-28-24(32)21-9-8-19-4-1-2-5-20(19)16-21/h2*1-9,16-17H,10-15,18H2,(H,28,32)(H,29,33). The summed E-state index contributed by atoms with van der Waals surface area (Å²) in [7, 11) is 0. The van der Waals surface area contributed by atoms with Gasteiger partial charge in [0.05, 0.1) is 13.3 Å². The second kappa shape index (κ2) is 19.3. The number of anilines is 2. The fraction of sp³-hybridized carbons (Fsp3) is 0.308. The Balaban J connectivity index is 0.000000166. The van der Waals surface area contributed by atoms with E-state index < -0.39 is 11.1 Å². The molecule has 0 radical (unpaired) electrons. The summed E-state index contributed by atoms with van der Waals surface area (Å²) in [5.41, 5.74) is 1.48. The molecule has 4 aliphatic heterocycles. The Labute approximate surface area is 382 Å². The molecular formula is C52H54F2N8O4. The van der Waals surface area contributed by atoms with Gasteiger partial charge in [0.15, 0.2) is 0 Å². The van der Waals surface area contributed by atoms with Crippen LogP contribution >= 0.6 is 0 Å². The first kappa shape index (κ1) is 44.3. The van der Waals surface area contributed by atoms with Gasteiger partial charge in [0, 0.05) is 74.9 Å². The molecule has 0 unspecified atom stereocenters. The van der Waals surface area contributed by atoms with Crippen molar-refractivity contribution in [2.24, 2.45) is 0 Å². The topological polar surface area (TPSA) is 129 Å². The van der Waals surface area contributed by atoms with Gasteiger partial charge in [0.25, 0.3) is 11.8 Å². The summed E-state index contributed by atoms with van der Waals surface area (Å²) >= 11 is 0. The van der Waals surface area contributed by atoms with Crippen molar-refractivity contribution in [3.63, 3.8) is 0 Å². The molecule has 4 fully saturated rings. The van der Waals surface area contributed by atoms with Gasteiger partial charge in [0.1, 0.15) is 22.7 Å². The zero-order chi connectivity index (χ0) is 45.7. The highest BCUT2D eigenvalue weighted by atomic mass is 19.1. The highest BCUT2D eigenvalue weighted by Gasteiger charge is 2.51. The van der Waals surface area contributed by atoms with Crippen molar-refractivity contribution in [1.29, 1.82) is 0 Å². The Bertz CT molecular complexity index is 2570. The largest absolute Gasteiger partial charge is 0.351 e. The van der Waals surface area contributed by atoms with Crippen LogP contribution in [0.2, 0.25) is 0 Å². The van der Waals surface area contributed by atoms with E-state index in [1.807, 2.05) is 107 Å². The number of piperidine rings is 2. The summed E-state index contributed by atoms with van der Waals surface area (Å²) in [5.74, 6) is -0.751. The summed E-state index contributed by atoms with van der Waals surface area (Å²) in [6, 6.07) is 40.2. The Morgan fingerprint density at radius 2 is 0.894 bits per heavy atom. The fourth-order valence-corrected chi connectivity index (χ4v) is 9.95. The number of amides is 4. The molecule has 0 saturated carbocycles. The van der Waals surface area contributed by atoms with Crippen molar-refractivity contribution in [2.45, 2.75) is 36.8 Å². The molecule has 340 valence electrons. The number of hydrogen-bond donors (Lipinski definition) is 4. The Morgan fingerprint density at radius 3 is 1.29 bits per heavy atom. The quantitative estimate of drug-likeness (QED) is 0.127. The zero-order valence-electron chi connectivity index (χ0n) is 36.8. The maximum atomic E-state index is 13.8. The van der Waals surface area contributed by atoms with E-state index in [9.17, 15) is 28.0 Å². The fourth-order valence-electron chi connectivity index (χ4n) is 9.95. The summed E-state index contributed by atoms with van der Waals surface area (Å²) in [6.45, 7) is 6.27. The summed E-state index contributed by atoms with van der Waals surface area (Å²) in [5, 5.41) is 16.2. The van der Waals surface area contributed by atoms with E-state index >= 15 is 0 Å². The van der Waals surface area contributed by atoms with Gasteiger partial charge in [-0.05, 0) is 108 Å². The average molecular weight is 893 g/mol. The zero-order valence-corrected chi connectivity index (χ0v) is 36.8. The molecule has 0 atom stereocenters. The van der Waals surface area contributed by atoms with Crippen LogP contribution in [0.15, 0.2) is 133 Å². The van der Waals surface area contributed by atoms with Gasteiger partial charge >= 0.3 is 0 Å². The molecule has 12 nitrogen and oxygen atoms in total. The van der Waals surface area contributed by atoms with E-state index in [1.54, 1.807) is 12.1 Å². The van der Waals surface area contributed by atoms with Crippen molar-refractivity contribution >= 4 is 56.5 Å². The lowest BCUT2D eigenvalue weighted by Gasteiger charge is -2.43. The summed E-state index contributed by atoms with van der Waals surface area (Å²) in [6.07, 6.45) is 2.64. The molecule has 0 aromatic heterocycles. The Kier molecular flexibility index (Phi) is 12.9. The molecule has 6 aromatic carbocycles. The molecule has 14 heteroatoms. The highest BCUT2D eigenvalue weighted by molar-refractivity contribution is 5.99. The van der Waals surface area contributed by atoms with Crippen molar-refractivity contribution in [1.82, 2.24) is 31.1 Å². The van der Waals surface area contributed by atoms with Crippen molar-refractivity contribution in [3.05, 3.63) is 156 Å². The minimum absolute atomic E-state index is 0.0102. The minimum atomic E-state index is -0.640. The number of fused-ring (bicyclic) bond motifs is 2. The molecule has 4 N–H and O–H groups in total. The molecule has 66 heavy (non-hydrogen) atoms. The summed E-state index contributed by atoms with van der Waals surface area (Å²) < 4.78 is 27.5. The van der Waals surface area contributed by atoms with Gasteiger partial charge in [-0.25, -0.2) is 8.78 Å². The lowest BCUT2D eigenvalue weighted by molar-refractivity contribution is -0.125. The van der Waals surface area contributed by atoms with Gasteiger partial charge in [-0.2, -0.15) is 0 Å².